The molecule has 0 bridgehead atoms. The standard InChI is InChI=1S/C21H26N4O2S/c1-3-28(22,27)13-15-6-7-19(24-11-14-4-5-14)17(10-15)18-12-25(2)21(26)20-16(18)8-9-23-20/h6-10,12,14,22-24H,3-5,11,13H2,1-2H3. The van der Waals surface area contributed by atoms with Gasteiger partial charge in [0.25, 0.3) is 5.56 Å². The minimum atomic E-state index is -2.63. The number of hydrogen-bond donors (Lipinski definition) is 3. The highest BCUT2D eigenvalue weighted by Crippen LogP contribution is 2.35. The van der Waals surface area contributed by atoms with Crippen LogP contribution in [0.15, 0.2) is 41.5 Å². The quantitative estimate of drug-likeness (QED) is 0.563. The largest absolute Gasteiger partial charge is 0.384 e. The maximum atomic E-state index is 12.4. The van der Waals surface area contributed by atoms with Crippen molar-refractivity contribution in [3.05, 3.63) is 52.6 Å². The number of aromatic nitrogens is 2. The lowest BCUT2D eigenvalue weighted by Gasteiger charge is -2.16. The summed E-state index contributed by atoms with van der Waals surface area (Å²) in [5.74, 6) is 1.31. The predicted molar refractivity (Wildman–Crippen MR) is 115 cm³/mol. The molecule has 2 aromatic heterocycles. The number of pyridine rings is 1. The van der Waals surface area contributed by atoms with Gasteiger partial charge in [-0.15, -0.1) is 0 Å². The average Bonchev–Trinajstić information content (AvgIpc) is 3.37. The smallest absolute Gasteiger partial charge is 0.274 e. The minimum absolute atomic E-state index is 0.0624. The summed E-state index contributed by atoms with van der Waals surface area (Å²) in [6.07, 6.45) is 6.17. The minimum Gasteiger partial charge on any atom is -0.384 e. The van der Waals surface area contributed by atoms with Crippen molar-refractivity contribution in [2.45, 2.75) is 25.5 Å². The maximum absolute atomic E-state index is 12.4. The molecule has 3 N–H and O–H groups in total. The van der Waals surface area contributed by atoms with Gasteiger partial charge in [-0.1, -0.05) is 13.0 Å². The Kier molecular flexibility index (Phi) is 4.79. The van der Waals surface area contributed by atoms with Crippen molar-refractivity contribution in [1.82, 2.24) is 9.55 Å². The van der Waals surface area contributed by atoms with Crippen LogP contribution in [0.3, 0.4) is 0 Å². The van der Waals surface area contributed by atoms with Crippen LogP contribution in [-0.2, 0) is 22.5 Å². The summed E-state index contributed by atoms with van der Waals surface area (Å²) in [4.78, 5) is 15.5. The molecule has 1 saturated carbocycles. The Morgan fingerprint density at radius 3 is 2.79 bits per heavy atom. The van der Waals surface area contributed by atoms with Gasteiger partial charge in [0, 0.05) is 63.7 Å². The van der Waals surface area contributed by atoms with Crippen molar-refractivity contribution in [2.75, 3.05) is 17.6 Å². The van der Waals surface area contributed by atoms with Crippen molar-refractivity contribution >= 4 is 26.3 Å². The number of H-pyrrole nitrogens is 1. The lowest BCUT2D eigenvalue weighted by Crippen LogP contribution is -2.16. The van der Waals surface area contributed by atoms with Gasteiger partial charge in [0.2, 0.25) is 0 Å². The molecule has 0 amide bonds. The van der Waals surface area contributed by atoms with E-state index in [1.165, 1.54) is 12.8 Å². The van der Waals surface area contributed by atoms with Gasteiger partial charge in [-0.25, -0.2) is 4.21 Å². The van der Waals surface area contributed by atoms with Crippen molar-refractivity contribution < 1.29 is 4.21 Å². The Balaban J connectivity index is 1.86. The number of aryl methyl sites for hydroxylation is 1. The van der Waals surface area contributed by atoms with E-state index < -0.39 is 9.73 Å². The third-order valence-corrected chi connectivity index (χ3v) is 7.14. The lowest BCUT2D eigenvalue weighted by molar-refractivity contribution is 0.675. The molecule has 1 aliphatic carbocycles. The van der Waals surface area contributed by atoms with E-state index in [1.807, 2.05) is 30.5 Å². The maximum Gasteiger partial charge on any atom is 0.274 e. The van der Waals surface area contributed by atoms with E-state index in [2.05, 4.69) is 10.3 Å². The second-order valence-electron chi connectivity index (χ2n) is 7.67. The fourth-order valence-corrected chi connectivity index (χ4v) is 4.41. The second kappa shape index (κ2) is 7.13. The molecule has 2 heterocycles. The summed E-state index contributed by atoms with van der Waals surface area (Å²) >= 11 is 0. The van der Waals surface area contributed by atoms with Gasteiger partial charge in [-0.2, -0.15) is 0 Å². The van der Waals surface area contributed by atoms with Crippen molar-refractivity contribution in [2.24, 2.45) is 13.0 Å². The third-order valence-electron chi connectivity index (χ3n) is 5.41. The first-order valence-corrected chi connectivity index (χ1v) is 11.6. The van der Waals surface area contributed by atoms with E-state index >= 15 is 0 Å². The molecular weight excluding hydrogens is 372 g/mol. The summed E-state index contributed by atoms with van der Waals surface area (Å²) < 4.78 is 22.0. The van der Waals surface area contributed by atoms with Gasteiger partial charge < -0.3 is 14.9 Å². The number of nitrogens with zero attached hydrogens (tertiary/aromatic N) is 1. The molecule has 7 heteroatoms. The van der Waals surface area contributed by atoms with Crippen molar-refractivity contribution in [3.8, 4) is 11.1 Å². The molecular formula is C21H26N4O2S. The van der Waals surface area contributed by atoms with Gasteiger partial charge in [0.05, 0.1) is 5.75 Å². The highest BCUT2D eigenvalue weighted by atomic mass is 32.2. The Hall–Kier alpha value is -2.54. The molecule has 1 aliphatic rings. The highest BCUT2D eigenvalue weighted by Gasteiger charge is 2.22. The summed E-state index contributed by atoms with van der Waals surface area (Å²) in [6, 6.07) is 7.91. The number of hydrogen-bond acceptors (Lipinski definition) is 4. The van der Waals surface area contributed by atoms with Crippen molar-refractivity contribution in [1.29, 1.82) is 4.78 Å². The Morgan fingerprint density at radius 2 is 2.07 bits per heavy atom. The van der Waals surface area contributed by atoms with Crippen LogP contribution in [0.5, 0.6) is 0 Å². The number of benzene rings is 1. The normalized spacial score (nSPS) is 16.2. The SMILES string of the molecule is CCS(=N)(=O)Cc1ccc(NCC2CC2)c(-c2cn(C)c(=O)c3[nH]ccc23)c1. The topological polar surface area (TPSA) is 90.7 Å². The van der Waals surface area contributed by atoms with E-state index in [0.717, 1.165) is 40.2 Å². The lowest BCUT2D eigenvalue weighted by atomic mass is 9.99. The molecule has 1 atom stereocenters. The van der Waals surface area contributed by atoms with Crippen LogP contribution in [0.2, 0.25) is 0 Å². The first kappa shape index (κ1) is 18.8. The van der Waals surface area contributed by atoms with Crippen LogP contribution in [0, 0.1) is 10.7 Å². The molecule has 28 heavy (non-hydrogen) atoms. The summed E-state index contributed by atoms with van der Waals surface area (Å²) in [7, 11) is -0.877. The predicted octanol–water partition coefficient (Wildman–Crippen LogP) is 3.92. The molecule has 3 aromatic rings. The first-order valence-electron chi connectivity index (χ1n) is 9.66. The zero-order chi connectivity index (χ0) is 19.9. The highest BCUT2D eigenvalue weighted by molar-refractivity contribution is 7.91. The Labute approximate surface area is 165 Å². The zero-order valence-corrected chi connectivity index (χ0v) is 17.1. The molecule has 4 rings (SSSR count). The van der Waals surface area contributed by atoms with Gasteiger partial charge in [0.15, 0.2) is 0 Å². The molecule has 0 spiro atoms. The monoisotopic (exact) mass is 398 g/mol. The Morgan fingerprint density at radius 1 is 1.29 bits per heavy atom. The average molecular weight is 399 g/mol. The first-order chi connectivity index (χ1) is 13.4. The zero-order valence-electron chi connectivity index (χ0n) is 16.2. The van der Waals surface area contributed by atoms with Crippen molar-refractivity contribution in [3.63, 3.8) is 0 Å². The van der Waals surface area contributed by atoms with E-state index in [0.29, 0.717) is 11.3 Å². The van der Waals surface area contributed by atoms with Crippen LogP contribution < -0.4 is 10.9 Å². The van der Waals surface area contributed by atoms with Crippen LogP contribution in [0.4, 0.5) is 5.69 Å². The van der Waals surface area contributed by atoms with Crippen LogP contribution in [0.25, 0.3) is 22.0 Å². The number of nitrogens with one attached hydrogen (secondary N) is 3. The molecule has 1 fully saturated rings. The number of rotatable bonds is 7. The molecule has 0 radical (unpaired) electrons. The fourth-order valence-electron chi connectivity index (χ4n) is 3.49. The number of anilines is 1. The van der Waals surface area contributed by atoms with Gasteiger partial charge in [-0.05, 0) is 42.5 Å². The molecule has 0 aliphatic heterocycles. The Bertz CT molecular complexity index is 1190. The van der Waals surface area contributed by atoms with E-state index in [1.54, 1.807) is 24.7 Å². The summed E-state index contributed by atoms with van der Waals surface area (Å²) in [5.41, 5.74) is 4.33. The molecule has 6 nitrogen and oxygen atoms in total. The third kappa shape index (κ3) is 3.71. The van der Waals surface area contributed by atoms with Crippen LogP contribution in [0.1, 0.15) is 25.3 Å². The van der Waals surface area contributed by atoms with Crippen LogP contribution >= 0.6 is 0 Å². The molecule has 1 unspecified atom stereocenters. The van der Waals surface area contributed by atoms with Crippen LogP contribution in [-0.4, -0.2) is 26.1 Å². The van der Waals surface area contributed by atoms with E-state index in [4.69, 9.17) is 4.78 Å². The number of aromatic amines is 1. The van der Waals surface area contributed by atoms with Gasteiger partial charge in [0.1, 0.15) is 5.52 Å². The van der Waals surface area contributed by atoms with Gasteiger partial charge in [-0.3, -0.25) is 9.57 Å². The van der Waals surface area contributed by atoms with E-state index in [-0.39, 0.29) is 11.3 Å². The number of fused-ring (bicyclic) bond motifs is 1. The second-order valence-corrected chi connectivity index (χ2v) is 10.2. The summed E-state index contributed by atoms with van der Waals surface area (Å²) in [6.45, 7) is 2.72. The fraction of sp³-hybridized carbons (Fsp3) is 0.381. The molecule has 148 valence electrons. The molecule has 0 saturated heterocycles. The molecule has 1 aromatic carbocycles. The van der Waals surface area contributed by atoms with E-state index in [9.17, 15) is 9.00 Å². The van der Waals surface area contributed by atoms with Gasteiger partial charge >= 0.3 is 0 Å². The summed E-state index contributed by atoms with van der Waals surface area (Å²) in [5, 5.41) is 4.42.